The third kappa shape index (κ3) is 6.66. The summed E-state index contributed by atoms with van der Waals surface area (Å²) in [6.07, 6.45) is -0.932. The third-order valence-corrected chi connectivity index (χ3v) is 4.05. The summed E-state index contributed by atoms with van der Waals surface area (Å²) in [6, 6.07) is 11.9. The van der Waals surface area contributed by atoms with Crippen LogP contribution in [0.2, 0.25) is 10.0 Å². The second kappa shape index (κ2) is 10.0. The molecule has 1 N–H and O–H groups in total. The summed E-state index contributed by atoms with van der Waals surface area (Å²) in [5, 5.41) is 3.39. The molecule has 0 fully saturated rings. The molecule has 2 aromatic carbocycles. The zero-order valence-electron chi connectivity index (χ0n) is 14.8. The number of esters is 1. The molecule has 0 heterocycles. The number of nitrogens with one attached hydrogen (secondary N) is 1. The Hall–Kier alpha value is -2.44. The van der Waals surface area contributed by atoms with E-state index < -0.39 is 24.6 Å². The maximum atomic E-state index is 12.0. The van der Waals surface area contributed by atoms with Gasteiger partial charge in [-0.2, -0.15) is 0 Å². The Morgan fingerprint density at radius 2 is 1.81 bits per heavy atom. The van der Waals surface area contributed by atoms with E-state index in [2.05, 4.69) is 5.32 Å². The largest absolute Gasteiger partial charge is 0.497 e. The molecule has 0 unspecified atom stereocenters. The lowest BCUT2D eigenvalue weighted by Gasteiger charge is -2.15. The predicted octanol–water partition coefficient (Wildman–Crippen LogP) is 3.63. The first-order valence-electron chi connectivity index (χ1n) is 8.07. The fourth-order valence-electron chi connectivity index (χ4n) is 2.06. The fourth-order valence-corrected chi connectivity index (χ4v) is 2.51. The van der Waals surface area contributed by atoms with Gasteiger partial charge in [0.15, 0.2) is 12.7 Å². The highest BCUT2D eigenvalue weighted by atomic mass is 35.5. The van der Waals surface area contributed by atoms with E-state index in [1.54, 1.807) is 31.4 Å². The van der Waals surface area contributed by atoms with E-state index in [9.17, 15) is 9.59 Å². The molecule has 0 aliphatic heterocycles. The van der Waals surface area contributed by atoms with Gasteiger partial charge in [-0.1, -0.05) is 35.3 Å². The molecule has 0 aliphatic carbocycles. The number of hydrogen-bond acceptors (Lipinski definition) is 5. The van der Waals surface area contributed by atoms with Crippen molar-refractivity contribution in [3.63, 3.8) is 0 Å². The number of carbonyl (C=O) groups excluding carboxylic acids is 2. The highest BCUT2D eigenvalue weighted by Crippen LogP contribution is 2.28. The molecule has 0 bridgehead atoms. The summed E-state index contributed by atoms with van der Waals surface area (Å²) in [5.41, 5.74) is 0.893. The van der Waals surface area contributed by atoms with Crippen molar-refractivity contribution in [1.29, 1.82) is 0 Å². The first-order chi connectivity index (χ1) is 12.9. The Morgan fingerprint density at radius 3 is 2.44 bits per heavy atom. The maximum Gasteiger partial charge on any atom is 0.347 e. The van der Waals surface area contributed by atoms with E-state index in [1.807, 2.05) is 12.1 Å². The number of methoxy groups -OCH3 is 1. The van der Waals surface area contributed by atoms with Crippen molar-refractivity contribution in [3.8, 4) is 11.5 Å². The summed E-state index contributed by atoms with van der Waals surface area (Å²) in [7, 11) is 1.58. The second-order valence-electron chi connectivity index (χ2n) is 5.57. The van der Waals surface area contributed by atoms with Gasteiger partial charge in [-0.25, -0.2) is 4.79 Å². The lowest BCUT2D eigenvalue weighted by atomic mass is 10.2. The predicted molar refractivity (Wildman–Crippen MR) is 102 cm³/mol. The summed E-state index contributed by atoms with van der Waals surface area (Å²) in [6.45, 7) is 1.41. The van der Waals surface area contributed by atoms with Gasteiger partial charge in [-0.15, -0.1) is 0 Å². The highest BCUT2D eigenvalue weighted by Gasteiger charge is 2.19. The van der Waals surface area contributed by atoms with Crippen LogP contribution in [0.1, 0.15) is 12.5 Å². The van der Waals surface area contributed by atoms with Gasteiger partial charge >= 0.3 is 5.97 Å². The molecule has 0 radical (unpaired) electrons. The normalized spacial score (nSPS) is 11.4. The molecule has 0 aromatic heterocycles. The van der Waals surface area contributed by atoms with E-state index in [-0.39, 0.29) is 5.02 Å². The summed E-state index contributed by atoms with van der Waals surface area (Å²) in [4.78, 5) is 23.8. The molecule has 1 amide bonds. The fraction of sp³-hybridized carbons (Fsp3) is 0.263. The second-order valence-corrected chi connectivity index (χ2v) is 6.41. The van der Waals surface area contributed by atoms with Crippen LogP contribution in [-0.4, -0.2) is 31.7 Å². The standard InChI is InChI=1S/C19H19Cl2NO5/c1-12(27-17-8-5-14(20)9-16(17)21)19(24)26-11-18(23)22-10-13-3-6-15(25-2)7-4-13/h3-9,12H,10-11H2,1-2H3,(H,22,23)/t12-/m0/s1. The molecule has 0 saturated heterocycles. The lowest BCUT2D eigenvalue weighted by Crippen LogP contribution is -2.32. The van der Waals surface area contributed by atoms with Crippen LogP contribution in [0.4, 0.5) is 0 Å². The van der Waals surface area contributed by atoms with Crippen molar-refractivity contribution in [2.45, 2.75) is 19.6 Å². The maximum absolute atomic E-state index is 12.0. The Balaban J connectivity index is 1.75. The molecule has 2 rings (SSSR count). The third-order valence-electron chi connectivity index (χ3n) is 3.52. The van der Waals surface area contributed by atoms with Crippen molar-refractivity contribution in [1.82, 2.24) is 5.32 Å². The van der Waals surface area contributed by atoms with E-state index in [1.165, 1.54) is 13.0 Å². The molecule has 8 heteroatoms. The summed E-state index contributed by atoms with van der Waals surface area (Å²) in [5.74, 6) is -0.0697. The summed E-state index contributed by atoms with van der Waals surface area (Å²) >= 11 is 11.8. The zero-order chi connectivity index (χ0) is 19.8. The van der Waals surface area contributed by atoms with Gasteiger partial charge in [0.1, 0.15) is 11.5 Å². The molecule has 6 nitrogen and oxygen atoms in total. The first kappa shape index (κ1) is 20.9. The first-order valence-corrected chi connectivity index (χ1v) is 8.82. The zero-order valence-corrected chi connectivity index (χ0v) is 16.3. The quantitative estimate of drug-likeness (QED) is 0.671. The van der Waals surface area contributed by atoms with Gasteiger partial charge < -0.3 is 19.5 Å². The van der Waals surface area contributed by atoms with Gasteiger partial charge in [-0.05, 0) is 42.8 Å². The number of halogens is 2. The number of carbonyl (C=O) groups is 2. The van der Waals surface area contributed by atoms with Crippen LogP contribution >= 0.6 is 23.2 Å². The Morgan fingerprint density at radius 1 is 1.11 bits per heavy atom. The molecule has 0 aliphatic rings. The monoisotopic (exact) mass is 411 g/mol. The Labute approximate surface area is 167 Å². The van der Waals surface area contributed by atoms with Crippen molar-refractivity contribution in [2.75, 3.05) is 13.7 Å². The van der Waals surface area contributed by atoms with Crippen molar-refractivity contribution < 1.29 is 23.8 Å². The highest BCUT2D eigenvalue weighted by molar-refractivity contribution is 6.35. The van der Waals surface area contributed by atoms with Crippen LogP contribution in [0.3, 0.4) is 0 Å². The number of amides is 1. The average molecular weight is 412 g/mol. The van der Waals surface area contributed by atoms with E-state index >= 15 is 0 Å². The Bertz CT molecular complexity index is 795. The molecule has 2 aromatic rings. The van der Waals surface area contributed by atoms with Crippen LogP contribution < -0.4 is 14.8 Å². The van der Waals surface area contributed by atoms with Gasteiger partial charge in [0.2, 0.25) is 0 Å². The van der Waals surface area contributed by atoms with Gasteiger partial charge in [-0.3, -0.25) is 4.79 Å². The smallest absolute Gasteiger partial charge is 0.347 e. The molecule has 0 saturated carbocycles. The van der Waals surface area contributed by atoms with E-state index in [0.717, 1.165) is 11.3 Å². The SMILES string of the molecule is COc1ccc(CNC(=O)COC(=O)[C@H](C)Oc2ccc(Cl)cc2Cl)cc1. The summed E-state index contributed by atoms with van der Waals surface area (Å²) < 4.78 is 15.5. The molecule has 27 heavy (non-hydrogen) atoms. The minimum absolute atomic E-state index is 0.277. The lowest BCUT2D eigenvalue weighted by molar-refractivity contribution is -0.154. The van der Waals surface area contributed by atoms with Crippen LogP contribution in [0.25, 0.3) is 0 Å². The van der Waals surface area contributed by atoms with Crippen LogP contribution in [0.5, 0.6) is 11.5 Å². The van der Waals surface area contributed by atoms with E-state index in [4.69, 9.17) is 37.4 Å². The minimum Gasteiger partial charge on any atom is -0.497 e. The van der Waals surface area contributed by atoms with Gasteiger partial charge in [0.25, 0.3) is 5.91 Å². The topological polar surface area (TPSA) is 73.9 Å². The number of hydrogen-bond donors (Lipinski definition) is 1. The van der Waals surface area contributed by atoms with Crippen molar-refractivity contribution in [2.24, 2.45) is 0 Å². The van der Waals surface area contributed by atoms with E-state index in [0.29, 0.717) is 17.3 Å². The number of ether oxygens (including phenoxy) is 3. The minimum atomic E-state index is -0.932. The molecular formula is C19H19Cl2NO5. The van der Waals surface area contributed by atoms with Gasteiger partial charge in [0.05, 0.1) is 12.1 Å². The van der Waals surface area contributed by atoms with Gasteiger partial charge in [0, 0.05) is 11.6 Å². The van der Waals surface area contributed by atoms with Crippen LogP contribution in [0, 0.1) is 0 Å². The molecular weight excluding hydrogens is 393 g/mol. The van der Waals surface area contributed by atoms with Crippen LogP contribution in [-0.2, 0) is 20.9 Å². The molecule has 144 valence electrons. The van der Waals surface area contributed by atoms with Crippen molar-refractivity contribution in [3.05, 3.63) is 58.1 Å². The Kier molecular flexibility index (Phi) is 7.76. The number of rotatable bonds is 8. The van der Waals surface area contributed by atoms with Crippen LogP contribution in [0.15, 0.2) is 42.5 Å². The molecule has 0 spiro atoms. The molecule has 1 atom stereocenters. The van der Waals surface area contributed by atoms with Crippen molar-refractivity contribution >= 4 is 35.1 Å². The number of benzene rings is 2. The average Bonchev–Trinajstić information content (AvgIpc) is 2.66.